The van der Waals surface area contributed by atoms with E-state index in [9.17, 15) is 4.79 Å². The first-order valence-electron chi connectivity index (χ1n) is 5.76. The topological polar surface area (TPSA) is 47.6 Å². The molecular formula is C13H19NO3. The zero-order chi connectivity index (χ0) is 12.3. The highest BCUT2D eigenvalue weighted by atomic mass is 16.6. The molecule has 0 fully saturated rings. The molecule has 0 aromatic heterocycles. The van der Waals surface area contributed by atoms with E-state index in [1.54, 1.807) is 0 Å². The Morgan fingerprint density at radius 3 is 2.71 bits per heavy atom. The van der Waals surface area contributed by atoms with Crippen LogP contribution in [0.3, 0.4) is 0 Å². The highest BCUT2D eigenvalue weighted by Gasteiger charge is 1.99. The first-order chi connectivity index (χ1) is 8.33. The quantitative estimate of drug-likeness (QED) is 0.553. The molecule has 1 aromatic carbocycles. The molecule has 0 saturated heterocycles. The summed E-state index contributed by atoms with van der Waals surface area (Å²) >= 11 is 0. The van der Waals surface area contributed by atoms with Gasteiger partial charge in [-0.2, -0.15) is 0 Å². The third kappa shape index (κ3) is 6.71. The van der Waals surface area contributed by atoms with Crippen molar-refractivity contribution < 1.29 is 14.4 Å². The van der Waals surface area contributed by atoms with Crippen molar-refractivity contribution in [3.05, 3.63) is 35.9 Å². The summed E-state index contributed by atoms with van der Waals surface area (Å²) in [4.78, 5) is 15.5. The van der Waals surface area contributed by atoms with E-state index in [2.05, 4.69) is 22.5 Å². The number of rotatable bonds is 8. The zero-order valence-electron chi connectivity index (χ0n) is 10.1. The van der Waals surface area contributed by atoms with Gasteiger partial charge in [0.05, 0.1) is 13.7 Å². The van der Waals surface area contributed by atoms with Gasteiger partial charge in [-0.3, -0.25) is 9.63 Å². The molecule has 0 atom stereocenters. The minimum Gasteiger partial charge on any atom is -0.381 e. The molecule has 1 amide bonds. The van der Waals surface area contributed by atoms with Crippen LogP contribution in [0.2, 0.25) is 0 Å². The van der Waals surface area contributed by atoms with Gasteiger partial charge in [0, 0.05) is 13.0 Å². The average molecular weight is 237 g/mol. The Hall–Kier alpha value is -1.39. The van der Waals surface area contributed by atoms with Crippen LogP contribution in [0.5, 0.6) is 0 Å². The van der Waals surface area contributed by atoms with Crippen molar-refractivity contribution >= 4 is 5.91 Å². The van der Waals surface area contributed by atoms with Crippen LogP contribution in [-0.2, 0) is 20.8 Å². The summed E-state index contributed by atoms with van der Waals surface area (Å²) in [5, 5.41) is 0. The van der Waals surface area contributed by atoms with Crippen LogP contribution in [-0.4, -0.2) is 26.2 Å². The van der Waals surface area contributed by atoms with Crippen molar-refractivity contribution in [1.82, 2.24) is 5.48 Å². The molecule has 4 nitrogen and oxygen atoms in total. The maximum absolute atomic E-state index is 11.0. The summed E-state index contributed by atoms with van der Waals surface area (Å²) in [7, 11) is 1.42. The average Bonchev–Trinajstić information content (AvgIpc) is 2.35. The van der Waals surface area contributed by atoms with Gasteiger partial charge in [-0.25, -0.2) is 5.48 Å². The predicted molar refractivity (Wildman–Crippen MR) is 65.4 cm³/mol. The number of carbonyl (C=O) groups excluding carboxylic acids is 1. The monoisotopic (exact) mass is 237 g/mol. The molecule has 0 spiro atoms. The Kier molecular flexibility index (Phi) is 7.02. The molecule has 0 unspecified atom stereocenters. The summed E-state index contributed by atoms with van der Waals surface area (Å²) in [5.74, 6) is -0.112. The van der Waals surface area contributed by atoms with Crippen molar-refractivity contribution in [1.29, 1.82) is 0 Å². The lowest BCUT2D eigenvalue weighted by Gasteiger charge is -2.04. The molecule has 4 heteroatoms. The van der Waals surface area contributed by atoms with Gasteiger partial charge in [0.2, 0.25) is 5.91 Å². The van der Waals surface area contributed by atoms with Crippen LogP contribution < -0.4 is 5.48 Å². The minimum absolute atomic E-state index is 0.112. The number of benzene rings is 1. The van der Waals surface area contributed by atoms with Crippen LogP contribution in [0.25, 0.3) is 0 Å². The third-order valence-corrected chi connectivity index (χ3v) is 2.29. The third-order valence-electron chi connectivity index (χ3n) is 2.29. The Morgan fingerprint density at radius 2 is 2.00 bits per heavy atom. The van der Waals surface area contributed by atoms with Gasteiger partial charge in [0.25, 0.3) is 0 Å². The second-order valence-corrected chi connectivity index (χ2v) is 3.68. The molecule has 94 valence electrons. The number of amides is 1. The van der Waals surface area contributed by atoms with E-state index >= 15 is 0 Å². The molecule has 0 bridgehead atoms. The van der Waals surface area contributed by atoms with Crippen molar-refractivity contribution in [2.75, 3.05) is 20.3 Å². The number of hydroxylamine groups is 1. The maximum atomic E-state index is 11.0. The van der Waals surface area contributed by atoms with Gasteiger partial charge < -0.3 is 4.74 Å². The Labute approximate surface area is 102 Å². The van der Waals surface area contributed by atoms with Crippen LogP contribution in [0.15, 0.2) is 30.3 Å². The summed E-state index contributed by atoms with van der Waals surface area (Å²) in [6, 6.07) is 10.2. The second kappa shape index (κ2) is 8.73. The largest absolute Gasteiger partial charge is 0.381 e. The van der Waals surface area contributed by atoms with E-state index in [0.29, 0.717) is 26.1 Å². The fourth-order valence-electron chi connectivity index (χ4n) is 1.44. The standard InChI is InChI=1S/C13H19NO3/c1-16-14-13(15)8-5-10-17-11-9-12-6-3-2-4-7-12/h2-4,6-7H,5,8-11H2,1H3,(H,14,15). The van der Waals surface area contributed by atoms with E-state index in [1.165, 1.54) is 12.7 Å². The summed E-state index contributed by atoms with van der Waals surface area (Å²) in [6.45, 7) is 1.29. The van der Waals surface area contributed by atoms with E-state index < -0.39 is 0 Å². The van der Waals surface area contributed by atoms with Gasteiger partial charge >= 0.3 is 0 Å². The van der Waals surface area contributed by atoms with Gasteiger partial charge in [0.15, 0.2) is 0 Å². The molecular weight excluding hydrogens is 218 g/mol. The van der Waals surface area contributed by atoms with E-state index in [1.807, 2.05) is 18.2 Å². The Morgan fingerprint density at radius 1 is 1.24 bits per heavy atom. The van der Waals surface area contributed by atoms with Gasteiger partial charge in [-0.05, 0) is 18.4 Å². The molecule has 0 radical (unpaired) electrons. The second-order valence-electron chi connectivity index (χ2n) is 3.68. The number of carbonyl (C=O) groups is 1. The summed E-state index contributed by atoms with van der Waals surface area (Å²) in [5.41, 5.74) is 3.54. The lowest BCUT2D eigenvalue weighted by atomic mass is 10.2. The molecule has 1 N–H and O–H groups in total. The van der Waals surface area contributed by atoms with Crippen LogP contribution in [0, 0.1) is 0 Å². The molecule has 0 aliphatic rings. The first kappa shape index (κ1) is 13.7. The fraction of sp³-hybridized carbons (Fsp3) is 0.462. The van der Waals surface area contributed by atoms with Gasteiger partial charge in [0.1, 0.15) is 0 Å². The van der Waals surface area contributed by atoms with Crippen molar-refractivity contribution in [3.8, 4) is 0 Å². The smallest absolute Gasteiger partial charge is 0.243 e. The Balaban J connectivity index is 1.96. The predicted octanol–water partition coefficient (Wildman–Crippen LogP) is 1.70. The summed E-state index contributed by atoms with van der Waals surface area (Å²) < 4.78 is 5.45. The molecule has 1 rings (SSSR count). The van der Waals surface area contributed by atoms with E-state index in [4.69, 9.17) is 4.74 Å². The molecule has 1 aromatic rings. The molecule has 0 saturated carbocycles. The summed E-state index contributed by atoms with van der Waals surface area (Å²) in [6.07, 6.45) is 2.05. The van der Waals surface area contributed by atoms with E-state index in [-0.39, 0.29) is 5.91 Å². The SMILES string of the molecule is CONC(=O)CCCOCCc1ccccc1. The number of hydrogen-bond donors (Lipinski definition) is 1. The zero-order valence-corrected chi connectivity index (χ0v) is 10.1. The normalized spacial score (nSPS) is 10.2. The van der Waals surface area contributed by atoms with Crippen LogP contribution >= 0.6 is 0 Å². The van der Waals surface area contributed by atoms with Crippen molar-refractivity contribution in [2.24, 2.45) is 0 Å². The Bertz CT molecular complexity index is 314. The highest BCUT2D eigenvalue weighted by molar-refractivity contribution is 5.74. The van der Waals surface area contributed by atoms with E-state index in [0.717, 1.165) is 6.42 Å². The number of nitrogens with one attached hydrogen (secondary N) is 1. The molecule has 17 heavy (non-hydrogen) atoms. The maximum Gasteiger partial charge on any atom is 0.243 e. The molecule has 0 aliphatic heterocycles. The first-order valence-corrected chi connectivity index (χ1v) is 5.76. The van der Waals surface area contributed by atoms with Crippen LogP contribution in [0.4, 0.5) is 0 Å². The minimum atomic E-state index is -0.112. The van der Waals surface area contributed by atoms with Crippen molar-refractivity contribution in [2.45, 2.75) is 19.3 Å². The fourth-order valence-corrected chi connectivity index (χ4v) is 1.44. The molecule has 0 aliphatic carbocycles. The lowest BCUT2D eigenvalue weighted by Crippen LogP contribution is -2.21. The number of ether oxygens (including phenoxy) is 1. The van der Waals surface area contributed by atoms with Crippen molar-refractivity contribution in [3.63, 3.8) is 0 Å². The number of hydrogen-bond acceptors (Lipinski definition) is 3. The highest BCUT2D eigenvalue weighted by Crippen LogP contribution is 2.00. The molecule has 0 heterocycles. The van der Waals surface area contributed by atoms with Gasteiger partial charge in [-0.15, -0.1) is 0 Å². The van der Waals surface area contributed by atoms with Crippen LogP contribution in [0.1, 0.15) is 18.4 Å². The van der Waals surface area contributed by atoms with Gasteiger partial charge in [-0.1, -0.05) is 30.3 Å². The lowest BCUT2D eigenvalue weighted by molar-refractivity contribution is -0.131.